The molecule has 0 aliphatic carbocycles. The molecule has 1 atom stereocenters. The van der Waals surface area contributed by atoms with Crippen molar-refractivity contribution in [2.45, 2.75) is 39.2 Å². The molecular formula is C13H20N2O. The Morgan fingerprint density at radius 1 is 1.56 bits per heavy atom. The number of nitrogens with zero attached hydrogens (tertiary/aromatic N) is 1. The van der Waals surface area contributed by atoms with E-state index in [-0.39, 0.29) is 0 Å². The highest BCUT2D eigenvalue weighted by molar-refractivity contribution is 5.28. The third-order valence-corrected chi connectivity index (χ3v) is 3.16. The van der Waals surface area contributed by atoms with E-state index in [0.29, 0.717) is 6.04 Å². The van der Waals surface area contributed by atoms with Gasteiger partial charge >= 0.3 is 0 Å². The molecule has 88 valence electrons. The van der Waals surface area contributed by atoms with E-state index in [1.54, 1.807) is 0 Å². The maximum atomic E-state index is 5.76. The maximum Gasteiger partial charge on any atom is 0.137 e. The second-order valence-electron chi connectivity index (χ2n) is 4.37. The molecule has 0 saturated carbocycles. The van der Waals surface area contributed by atoms with E-state index in [2.05, 4.69) is 23.3 Å². The molecule has 1 aromatic rings. The molecule has 0 radical (unpaired) electrons. The van der Waals surface area contributed by atoms with Crippen molar-refractivity contribution in [2.24, 2.45) is 0 Å². The molecule has 2 rings (SSSR count). The molecule has 1 aliphatic rings. The Labute approximate surface area is 97.2 Å². The van der Waals surface area contributed by atoms with Crippen LogP contribution in [0.4, 0.5) is 0 Å². The summed E-state index contributed by atoms with van der Waals surface area (Å²) in [5.74, 6) is 0.899. The lowest BCUT2D eigenvalue weighted by Crippen LogP contribution is -2.28. The predicted octanol–water partition coefficient (Wildman–Crippen LogP) is 2.08. The van der Waals surface area contributed by atoms with Crippen molar-refractivity contribution < 1.29 is 4.74 Å². The SMILES string of the molecule is CCc1cc(OC[C@@H]2CCCN2)cnc1C. The van der Waals surface area contributed by atoms with Crippen molar-refractivity contribution in [3.05, 3.63) is 23.5 Å². The highest BCUT2D eigenvalue weighted by atomic mass is 16.5. The molecule has 2 heterocycles. The van der Waals surface area contributed by atoms with E-state index in [0.717, 1.165) is 31.0 Å². The minimum atomic E-state index is 0.520. The Kier molecular flexibility index (Phi) is 3.78. The molecule has 0 bridgehead atoms. The number of rotatable bonds is 4. The molecule has 3 nitrogen and oxygen atoms in total. The van der Waals surface area contributed by atoms with Crippen LogP contribution in [0.2, 0.25) is 0 Å². The number of nitrogens with one attached hydrogen (secondary N) is 1. The van der Waals surface area contributed by atoms with Crippen molar-refractivity contribution in [3.63, 3.8) is 0 Å². The predicted molar refractivity (Wildman–Crippen MR) is 64.9 cm³/mol. The van der Waals surface area contributed by atoms with Crippen molar-refractivity contribution in [1.82, 2.24) is 10.3 Å². The van der Waals surface area contributed by atoms with Crippen LogP contribution in [-0.2, 0) is 6.42 Å². The van der Waals surface area contributed by atoms with E-state index in [9.17, 15) is 0 Å². The van der Waals surface area contributed by atoms with Gasteiger partial charge in [-0.15, -0.1) is 0 Å². The summed E-state index contributed by atoms with van der Waals surface area (Å²) in [6.07, 6.45) is 5.32. The van der Waals surface area contributed by atoms with E-state index >= 15 is 0 Å². The fraction of sp³-hybridized carbons (Fsp3) is 0.615. The van der Waals surface area contributed by atoms with Gasteiger partial charge in [-0.2, -0.15) is 0 Å². The highest BCUT2D eigenvalue weighted by Gasteiger charge is 2.14. The molecule has 1 N–H and O–H groups in total. The molecule has 1 fully saturated rings. The van der Waals surface area contributed by atoms with Gasteiger partial charge in [-0.3, -0.25) is 4.98 Å². The second kappa shape index (κ2) is 5.30. The minimum Gasteiger partial charge on any atom is -0.490 e. The molecule has 0 spiro atoms. The maximum absolute atomic E-state index is 5.76. The molecular weight excluding hydrogens is 200 g/mol. The lowest BCUT2D eigenvalue weighted by atomic mass is 10.1. The number of hydrogen-bond donors (Lipinski definition) is 1. The monoisotopic (exact) mass is 220 g/mol. The Balaban J connectivity index is 1.93. The summed E-state index contributed by atoms with van der Waals surface area (Å²) in [6, 6.07) is 2.63. The van der Waals surface area contributed by atoms with Gasteiger partial charge in [0.05, 0.1) is 6.20 Å². The van der Waals surface area contributed by atoms with Gasteiger partial charge in [-0.25, -0.2) is 0 Å². The summed E-state index contributed by atoms with van der Waals surface area (Å²) < 4.78 is 5.76. The summed E-state index contributed by atoms with van der Waals surface area (Å²) in [7, 11) is 0. The Bertz CT molecular complexity index is 346. The van der Waals surface area contributed by atoms with E-state index < -0.39 is 0 Å². The van der Waals surface area contributed by atoms with Crippen LogP contribution in [0.5, 0.6) is 5.75 Å². The van der Waals surface area contributed by atoms with Gasteiger partial charge in [0.15, 0.2) is 0 Å². The van der Waals surface area contributed by atoms with Gasteiger partial charge in [0.1, 0.15) is 12.4 Å². The van der Waals surface area contributed by atoms with Gasteiger partial charge < -0.3 is 10.1 Å². The van der Waals surface area contributed by atoms with E-state index in [1.165, 1.54) is 18.4 Å². The first-order valence-electron chi connectivity index (χ1n) is 6.11. The number of aromatic nitrogens is 1. The lowest BCUT2D eigenvalue weighted by Gasteiger charge is -2.13. The van der Waals surface area contributed by atoms with Crippen LogP contribution in [-0.4, -0.2) is 24.2 Å². The second-order valence-corrected chi connectivity index (χ2v) is 4.37. The molecule has 0 unspecified atom stereocenters. The van der Waals surface area contributed by atoms with Crippen LogP contribution < -0.4 is 10.1 Å². The molecule has 16 heavy (non-hydrogen) atoms. The topological polar surface area (TPSA) is 34.1 Å². The Morgan fingerprint density at radius 2 is 2.44 bits per heavy atom. The van der Waals surface area contributed by atoms with E-state index in [4.69, 9.17) is 4.74 Å². The molecule has 3 heteroatoms. The smallest absolute Gasteiger partial charge is 0.137 e. The molecule has 1 saturated heterocycles. The van der Waals surface area contributed by atoms with Gasteiger partial charge in [-0.05, 0) is 44.4 Å². The standard InChI is InChI=1S/C13H20N2O/c1-3-11-7-13(8-15-10(11)2)16-9-12-5-4-6-14-12/h7-8,12,14H,3-6,9H2,1-2H3/t12-/m0/s1. The fourth-order valence-corrected chi connectivity index (χ4v) is 2.09. The number of pyridine rings is 1. The third-order valence-electron chi connectivity index (χ3n) is 3.16. The van der Waals surface area contributed by atoms with Crippen LogP contribution in [0.25, 0.3) is 0 Å². The Hall–Kier alpha value is -1.09. The van der Waals surface area contributed by atoms with Gasteiger partial charge in [0.25, 0.3) is 0 Å². The number of aryl methyl sites for hydroxylation is 2. The average molecular weight is 220 g/mol. The van der Waals surface area contributed by atoms with Gasteiger partial charge in [0.2, 0.25) is 0 Å². The van der Waals surface area contributed by atoms with Crippen molar-refractivity contribution >= 4 is 0 Å². The van der Waals surface area contributed by atoms with Crippen LogP contribution >= 0.6 is 0 Å². The quantitative estimate of drug-likeness (QED) is 0.843. The van der Waals surface area contributed by atoms with Gasteiger partial charge in [-0.1, -0.05) is 6.92 Å². The normalized spacial score (nSPS) is 20.0. The lowest BCUT2D eigenvalue weighted by molar-refractivity contribution is 0.276. The summed E-state index contributed by atoms with van der Waals surface area (Å²) >= 11 is 0. The van der Waals surface area contributed by atoms with Crippen molar-refractivity contribution in [1.29, 1.82) is 0 Å². The average Bonchev–Trinajstić information content (AvgIpc) is 2.81. The number of ether oxygens (including phenoxy) is 1. The zero-order valence-electron chi connectivity index (χ0n) is 10.1. The van der Waals surface area contributed by atoms with Crippen LogP contribution in [0, 0.1) is 6.92 Å². The molecule has 1 aromatic heterocycles. The molecule has 0 aromatic carbocycles. The van der Waals surface area contributed by atoms with Crippen molar-refractivity contribution in [3.8, 4) is 5.75 Å². The Morgan fingerprint density at radius 3 is 3.12 bits per heavy atom. The first-order valence-corrected chi connectivity index (χ1v) is 6.11. The fourth-order valence-electron chi connectivity index (χ4n) is 2.09. The van der Waals surface area contributed by atoms with Crippen LogP contribution in [0.15, 0.2) is 12.3 Å². The largest absolute Gasteiger partial charge is 0.490 e. The summed E-state index contributed by atoms with van der Waals surface area (Å²) in [5, 5.41) is 3.42. The summed E-state index contributed by atoms with van der Waals surface area (Å²) in [5.41, 5.74) is 2.38. The van der Waals surface area contributed by atoms with E-state index in [1.807, 2.05) is 13.1 Å². The van der Waals surface area contributed by atoms with Crippen LogP contribution in [0.3, 0.4) is 0 Å². The zero-order chi connectivity index (χ0) is 11.4. The number of hydrogen-bond acceptors (Lipinski definition) is 3. The van der Waals surface area contributed by atoms with Crippen LogP contribution in [0.1, 0.15) is 31.0 Å². The highest BCUT2D eigenvalue weighted by Crippen LogP contribution is 2.16. The summed E-state index contributed by atoms with van der Waals surface area (Å²) in [6.45, 7) is 6.07. The van der Waals surface area contributed by atoms with Gasteiger partial charge in [0, 0.05) is 11.7 Å². The van der Waals surface area contributed by atoms with Crippen molar-refractivity contribution in [2.75, 3.05) is 13.2 Å². The molecule has 0 amide bonds. The summed E-state index contributed by atoms with van der Waals surface area (Å²) in [4.78, 5) is 4.35. The zero-order valence-corrected chi connectivity index (χ0v) is 10.1. The minimum absolute atomic E-state index is 0.520. The molecule has 1 aliphatic heterocycles. The first kappa shape index (κ1) is 11.4. The third kappa shape index (κ3) is 2.73. The first-order chi connectivity index (χ1) is 7.79.